The lowest BCUT2D eigenvalue weighted by atomic mass is 10.2. The van der Waals surface area contributed by atoms with Crippen LogP contribution in [-0.2, 0) is 16.6 Å². The number of nitrogens with one attached hydrogen (secondary N) is 1. The molecular formula is C23H23BrN4O3S. The van der Waals surface area contributed by atoms with Gasteiger partial charge >= 0.3 is 0 Å². The third-order valence-corrected chi connectivity index (χ3v) is 7.31. The highest BCUT2D eigenvalue weighted by Gasteiger charge is 2.33. The van der Waals surface area contributed by atoms with E-state index < -0.39 is 0 Å². The average molecular weight is 515 g/mol. The number of benzene rings is 2. The van der Waals surface area contributed by atoms with Gasteiger partial charge in [-0.1, -0.05) is 46.3 Å². The fourth-order valence-electron chi connectivity index (χ4n) is 3.74. The van der Waals surface area contributed by atoms with Crippen molar-refractivity contribution in [3.05, 3.63) is 80.7 Å². The third kappa shape index (κ3) is 4.40. The van der Waals surface area contributed by atoms with Crippen molar-refractivity contribution in [3.8, 4) is 5.69 Å². The molecule has 9 heteroatoms. The van der Waals surface area contributed by atoms with Crippen molar-refractivity contribution in [2.75, 3.05) is 17.6 Å². The van der Waals surface area contributed by atoms with E-state index in [4.69, 9.17) is 0 Å². The van der Waals surface area contributed by atoms with Gasteiger partial charge in [-0.25, -0.2) is 4.68 Å². The summed E-state index contributed by atoms with van der Waals surface area (Å²) in [6.07, 6.45) is 0.110. The number of para-hydroxylation sites is 1. The first-order valence-electron chi connectivity index (χ1n) is 10.2. The second-order valence-corrected chi connectivity index (χ2v) is 9.52. The first-order chi connectivity index (χ1) is 15.4. The normalized spacial score (nSPS) is 15.9. The summed E-state index contributed by atoms with van der Waals surface area (Å²) in [5.41, 5.74) is 2.38. The molecule has 7 nitrogen and oxygen atoms in total. The van der Waals surface area contributed by atoms with Gasteiger partial charge in [-0.3, -0.25) is 19.1 Å². The van der Waals surface area contributed by atoms with Gasteiger partial charge in [0.1, 0.15) is 11.1 Å². The molecule has 4 rings (SSSR count). The molecular weight excluding hydrogens is 492 g/mol. The van der Waals surface area contributed by atoms with Crippen LogP contribution in [0.15, 0.2) is 63.9 Å². The molecule has 32 heavy (non-hydrogen) atoms. The lowest BCUT2D eigenvalue weighted by Gasteiger charge is -2.24. The number of carbonyl (C=O) groups excluding carboxylic acids is 2. The van der Waals surface area contributed by atoms with Crippen molar-refractivity contribution in [1.29, 1.82) is 0 Å². The van der Waals surface area contributed by atoms with Crippen LogP contribution in [0.3, 0.4) is 0 Å². The van der Waals surface area contributed by atoms with E-state index in [0.29, 0.717) is 11.4 Å². The molecule has 3 aromatic rings. The van der Waals surface area contributed by atoms with Crippen molar-refractivity contribution < 1.29 is 9.59 Å². The number of hydrogen-bond acceptors (Lipinski definition) is 4. The number of halogens is 1. The molecule has 0 radical (unpaired) electrons. The number of carbonyl (C=O) groups is 2. The number of nitrogens with zero attached hydrogens (tertiary/aromatic N) is 3. The van der Waals surface area contributed by atoms with Crippen molar-refractivity contribution in [2.45, 2.75) is 18.7 Å². The van der Waals surface area contributed by atoms with Gasteiger partial charge in [0.25, 0.3) is 5.56 Å². The van der Waals surface area contributed by atoms with E-state index in [-0.39, 0.29) is 41.4 Å². The van der Waals surface area contributed by atoms with Crippen LogP contribution >= 0.6 is 27.7 Å². The third-order valence-electron chi connectivity index (χ3n) is 5.52. The van der Waals surface area contributed by atoms with Crippen LogP contribution in [0.25, 0.3) is 5.69 Å². The Bertz CT molecular complexity index is 1200. The number of thioether (sulfide) groups is 1. The number of aromatic nitrogens is 2. The summed E-state index contributed by atoms with van der Waals surface area (Å²) in [5, 5.41) is 2.65. The number of anilines is 1. The van der Waals surface area contributed by atoms with Gasteiger partial charge in [0, 0.05) is 24.5 Å². The van der Waals surface area contributed by atoms with Crippen molar-refractivity contribution in [2.24, 2.45) is 7.05 Å². The molecule has 0 saturated carbocycles. The number of amides is 2. The fraction of sp³-hybridized carbons (Fsp3) is 0.261. The second kappa shape index (κ2) is 9.38. The van der Waals surface area contributed by atoms with E-state index in [1.165, 1.54) is 4.68 Å². The first kappa shape index (κ1) is 22.4. The Hall–Kier alpha value is -2.78. The maximum absolute atomic E-state index is 13.0. The van der Waals surface area contributed by atoms with E-state index in [9.17, 15) is 14.4 Å². The van der Waals surface area contributed by atoms with E-state index in [1.807, 2.05) is 54.6 Å². The molecule has 1 saturated heterocycles. The van der Waals surface area contributed by atoms with E-state index in [1.54, 1.807) is 35.3 Å². The fourth-order valence-corrected chi connectivity index (χ4v) is 5.22. The standard InChI is InChI=1S/C23H23BrN4O3S/c1-15-21(22(31)28(26(15)2)18-6-4-3-5-7-18)25-19(29)12-13-27-20(30)14-32-23(27)16-8-10-17(24)11-9-16/h3-11,23H,12-14H2,1-2H3,(H,25,29). The summed E-state index contributed by atoms with van der Waals surface area (Å²) in [6, 6.07) is 17.1. The first-order valence-corrected chi connectivity index (χ1v) is 12.0. The molecule has 0 aliphatic carbocycles. The van der Waals surface area contributed by atoms with Crippen LogP contribution in [0.4, 0.5) is 5.69 Å². The zero-order valence-electron chi connectivity index (χ0n) is 17.7. The molecule has 1 atom stereocenters. The van der Waals surface area contributed by atoms with E-state index in [2.05, 4.69) is 21.2 Å². The molecule has 1 unspecified atom stereocenters. The largest absolute Gasteiger partial charge is 0.325 e. The molecule has 1 aliphatic rings. The van der Waals surface area contributed by atoms with E-state index >= 15 is 0 Å². The predicted octanol–water partition coefficient (Wildman–Crippen LogP) is 3.85. The zero-order valence-corrected chi connectivity index (χ0v) is 20.1. The second-order valence-electron chi connectivity index (χ2n) is 7.54. The molecule has 166 valence electrons. The molecule has 1 aromatic heterocycles. The minimum absolute atomic E-state index is 0.0121. The Kier molecular flexibility index (Phi) is 6.57. The van der Waals surface area contributed by atoms with Crippen molar-refractivity contribution in [3.63, 3.8) is 0 Å². The van der Waals surface area contributed by atoms with E-state index in [0.717, 1.165) is 15.7 Å². The maximum Gasteiger partial charge on any atom is 0.295 e. The minimum Gasteiger partial charge on any atom is -0.325 e. The summed E-state index contributed by atoms with van der Waals surface area (Å²) < 4.78 is 4.22. The highest BCUT2D eigenvalue weighted by atomic mass is 79.9. The van der Waals surface area contributed by atoms with Gasteiger partial charge in [-0.15, -0.1) is 11.8 Å². The number of hydrogen-bond donors (Lipinski definition) is 1. The van der Waals surface area contributed by atoms with Crippen LogP contribution in [0, 0.1) is 6.92 Å². The average Bonchev–Trinajstić information content (AvgIpc) is 3.25. The SMILES string of the molecule is Cc1c(NC(=O)CCN2C(=O)CSC2c2ccc(Br)cc2)c(=O)n(-c2ccccc2)n1C. The van der Waals surface area contributed by atoms with Gasteiger partial charge in [-0.05, 0) is 36.8 Å². The number of rotatable bonds is 6. The Morgan fingerprint density at radius 2 is 1.81 bits per heavy atom. The predicted molar refractivity (Wildman–Crippen MR) is 130 cm³/mol. The Balaban J connectivity index is 1.47. The highest BCUT2D eigenvalue weighted by Crippen LogP contribution is 2.38. The van der Waals surface area contributed by atoms with Crippen LogP contribution in [0.5, 0.6) is 0 Å². The summed E-state index contributed by atoms with van der Waals surface area (Å²) in [7, 11) is 1.78. The maximum atomic E-state index is 13.0. The van der Waals surface area contributed by atoms with Gasteiger partial charge < -0.3 is 10.2 Å². The summed E-state index contributed by atoms with van der Waals surface area (Å²) in [4.78, 5) is 39.8. The summed E-state index contributed by atoms with van der Waals surface area (Å²) in [5.74, 6) is 0.107. The molecule has 2 amide bonds. The lowest BCUT2D eigenvalue weighted by molar-refractivity contribution is -0.128. The lowest BCUT2D eigenvalue weighted by Crippen LogP contribution is -2.32. The van der Waals surface area contributed by atoms with Crippen LogP contribution in [0.1, 0.15) is 23.1 Å². The van der Waals surface area contributed by atoms with Crippen LogP contribution < -0.4 is 10.9 Å². The Labute approximate surface area is 198 Å². The van der Waals surface area contributed by atoms with Crippen LogP contribution in [-0.4, -0.2) is 38.4 Å². The highest BCUT2D eigenvalue weighted by molar-refractivity contribution is 9.10. The zero-order chi connectivity index (χ0) is 22.8. The molecule has 0 bridgehead atoms. The Morgan fingerprint density at radius 3 is 2.50 bits per heavy atom. The van der Waals surface area contributed by atoms with Crippen molar-refractivity contribution in [1.82, 2.24) is 14.3 Å². The minimum atomic E-state index is -0.296. The Morgan fingerprint density at radius 1 is 1.12 bits per heavy atom. The smallest absolute Gasteiger partial charge is 0.295 e. The summed E-state index contributed by atoms with van der Waals surface area (Å²) >= 11 is 4.98. The molecule has 1 N–H and O–H groups in total. The van der Waals surface area contributed by atoms with Crippen molar-refractivity contribution >= 4 is 45.2 Å². The monoisotopic (exact) mass is 514 g/mol. The van der Waals surface area contributed by atoms with Gasteiger partial charge in [0.2, 0.25) is 11.8 Å². The molecule has 1 aliphatic heterocycles. The van der Waals surface area contributed by atoms with Gasteiger partial charge in [0.05, 0.1) is 17.1 Å². The molecule has 2 aromatic carbocycles. The van der Waals surface area contributed by atoms with Gasteiger partial charge in [-0.2, -0.15) is 0 Å². The molecule has 2 heterocycles. The molecule has 1 fully saturated rings. The van der Waals surface area contributed by atoms with Crippen LogP contribution in [0.2, 0.25) is 0 Å². The van der Waals surface area contributed by atoms with Gasteiger partial charge in [0.15, 0.2) is 0 Å². The summed E-state index contributed by atoms with van der Waals surface area (Å²) in [6.45, 7) is 2.08. The topological polar surface area (TPSA) is 76.3 Å². The quantitative estimate of drug-likeness (QED) is 0.541. The molecule has 0 spiro atoms.